The van der Waals surface area contributed by atoms with E-state index in [0.29, 0.717) is 23.2 Å². The Kier molecular flexibility index (Phi) is 5.39. The van der Waals surface area contributed by atoms with Crippen LogP contribution < -0.4 is 5.73 Å². The van der Waals surface area contributed by atoms with Crippen LogP contribution in [0.3, 0.4) is 0 Å². The van der Waals surface area contributed by atoms with Crippen LogP contribution in [-0.2, 0) is 0 Å². The average molecular weight is 458 g/mol. The number of carbonyl (C=O) groups is 1. The zero-order chi connectivity index (χ0) is 23.3. The molecule has 1 aliphatic heterocycles. The number of H-pyrrole nitrogens is 1. The number of nitrogens with zero attached hydrogens (tertiary/aromatic N) is 3. The molecule has 0 unspecified atom stereocenters. The van der Waals surface area contributed by atoms with Crippen molar-refractivity contribution in [3.63, 3.8) is 0 Å². The molecule has 1 saturated carbocycles. The van der Waals surface area contributed by atoms with Crippen molar-refractivity contribution in [3.05, 3.63) is 47.8 Å². The number of aromatic nitrogens is 3. The van der Waals surface area contributed by atoms with Crippen LogP contribution in [0.2, 0.25) is 0 Å². The highest BCUT2D eigenvalue weighted by molar-refractivity contribution is 6.02. The van der Waals surface area contributed by atoms with E-state index in [-0.39, 0.29) is 28.2 Å². The number of halogens is 3. The van der Waals surface area contributed by atoms with Crippen molar-refractivity contribution >= 4 is 16.9 Å². The molecule has 1 aromatic carbocycles. The summed E-state index contributed by atoms with van der Waals surface area (Å²) in [5, 5.41) is 0. The zero-order valence-corrected chi connectivity index (χ0v) is 18.3. The van der Waals surface area contributed by atoms with Crippen molar-refractivity contribution in [2.45, 2.75) is 44.6 Å². The maximum absolute atomic E-state index is 15.6. The summed E-state index contributed by atoms with van der Waals surface area (Å²) in [6.07, 6.45) is 7.04. The summed E-state index contributed by atoms with van der Waals surface area (Å²) in [7, 11) is 0. The minimum atomic E-state index is -2.88. The minimum Gasteiger partial charge on any atom is -0.341 e. The van der Waals surface area contributed by atoms with Crippen LogP contribution in [-0.4, -0.2) is 44.8 Å². The lowest BCUT2D eigenvalue weighted by atomic mass is 9.79. The van der Waals surface area contributed by atoms with E-state index in [0.717, 1.165) is 30.6 Å². The summed E-state index contributed by atoms with van der Waals surface area (Å²) in [4.78, 5) is 25.5. The molecule has 3 heterocycles. The Balaban J connectivity index is 1.47. The van der Waals surface area contributed by atoms with E-state index in [9.17, 15) is 13.6 Å². The SMILES string of the molecule is CC1CCC([C@H](N)c2nc3c(F)c(-c4cnccc4C(=O)N4CC(F)(F)C4)ccc3[nH]2)CC1. The Labute approximate surface area is 189 Å². The molecule has 2 aliphatic rings. The second kappa shape index (κ2) is 8.13. The number of nitrogens with two attached hydrogens (primary N) is 1. The fourth-order valence-corrected chi connectivity index (χ4v) is 4.92. The lowest BCUT2D eigenvalue weighted by Gasteiger charge is -2.38. The van der Waals surface area contributed by atoms with Crippen molar-refractivity contribution in [2.24, 2.45) is 17.6 Å². The van der Waals surface area contributed by atoms with Gasteiger partial charge < -0.3 is 15.6 Å². The van der Waals surface area contributed by atoms with Gasteiger partial charge in [-0.05, 0) is 42.9 Å². The molecular formula is C24H26F3N5O. The van der Waals surface area contributed by atoms with E-state index >= 15 is 4.39 Å². The smallest absolute Gasteiger partial charge is 0.282 e. The van der Waals surface area contributed by atoms with Gasteiger partial charge in [-0.2, -0.15) is 0 Å². The second-order valence-electron chi connectivity index (χ2n) is 9.43. The van der Waals surface area contributed by atoms with Gasteiger partial charge in [-0.25, -0.2) is 18.2 Å². The fraction of sp³-hybridized carbons (Fsp3) is 0.458. The minimum absolute atomic E-state index is 0.127. The Morgan fingerprint density at radius 2 is 1.91 bits per heavy atom. The highest BCUT2D eigenvalue weighted by atomic mass is 19.3. The van der Waals surface area contributed by atoms with Gasteiger partial charge in [0.2, 0.25) is 0 Å². The van der Waals surface area contributed by atoms with Crippen LogP contribution in [0.4, 0.5) is 13.2 Å². The number of imidazole rings is 1. The molecule has 3 aromatic rings. The van der Waals surface area contributed by atoms with E-state index in [2.05, 4.69) is 21.9 Å². The standard InChI is InChI=1S/C24H26F3N5O/c1-13-2-4-14(5-3-13)20(28)22-30-18-7-6-15(19(25)21(18)31-22)17-10-29-9-8-16(17)23(33)32-11-24(26,27)12-32/h6-10,13-14,20H,2-5,11-12,28H2,1H3,(H,30,31)/t13?,14?,20-/m0/s1. The number of hydrogen-bond donors (Lipinski definition) is 2. The Morgan fingerprint density at radius 1 is 1.18 bits per heavy atom. The van der Waals surface area contributed by atoms with Crippen LogP contribution in [0.25, 0.3) is 22.2 Å². The van der Waals surface area contributed by atoms with Crippen LogP contribution in [0.1, 0.15) is 54.8 Å². The Bertz CT molecular complexity index is 1190. The van der Waals surface area contributed by atoms with Gasteiger partial charge in [0.25, 0.3) is 11.8 Å². The van der Waals surface area contributed by atoms with Gasteiger partial charge in [0.1, 0.15) is 11.3 Å². The van der Waals surface area contributed by atoms with Gasteiger partial charge in [-0.3, -0.25) is 9.78 Å². The molecule has 2 fully saturated rings. The zero-order valence-electron chi connectivity index (χ0n) is 18.3. The second-order valence-corrected chi connectivity index (χ2v) is 9.43. The molecule has 1 saturated heterocycles. The molecule has 5 rings (SSSR count). The molecule has 3 N–H and O–H groups in total. The molecule has 0 spiro atoms. The number of rotatable bonds is 4. The number of nitrogens with one attached hydrogen (secondary N) is 1. The molecule has 9 heteroatoms. The average Bonchev–Trinajstić information content (AvgIpc) is 3.23. The van der Waals surface area contributed by atoms with Gasteiger partial charge in [-0.15, -0.1) is 0 Å². The number of carbonyl (C=O) groups excluding carboxylic acids is 1. The van der Waals surface area contributed by atoms with Crippen LogP contribution in [0.15, 0.2) is 30.6 Å². The first-order valence-corrected chi connectivity index (χ1v) is 11.3. The van der Waals surface area contributed by atoms with Crippen molar-refractivity contribution in [1.29, 1.82) is 0 Å². The van der Waals surface area contributed by atoms with E-state index in [4.69, 9.17) is 5.73 Å². The molecule has 0 radical (unpaired) electrons. The van der Waals surface area contributed by atoms with Crippen molar-refractivity contribution in [2.75, 3.05) is 13.1 Å². The van der Waals surface area contributed by atoms with Gasteiger partial charge in [-0.1, -0.05) is 19.8 Å². The summed E-state index contributed by atoms with van der Waals surface area (Å²) in [6, 6.07) is 4.36. The largest absolute Gasteiger partial charge is 0.341 e. The number of pyridine rings is 1. The first kappa shape index (κ1) is 21.9. The summed E-state index contributed by atoms with van der Waals surface area (Å²) >= 11 is 0. The summed E-state index contributed by atoms with van der Waals surface area (Å²) in [6.45, 7) is 0.955. The molecule has 174 valence electrons. The Morgan fingerprint density at radius 3 is 2.61 bits per heavy atom. The molecule has 0 bridgehead atoms. The number of benzene rings is 1. The van der Waals surface area contributed by atoms with E-state index in [1.165, 1.54) is 18.5 Å². The fourth-order valence-electron chi connectivity index (χ4n) is 4.92. The normalized spacial score (nSPS) is 23.4. The third-order valence-corrected chi connectivity index (χ3v) is 6.97. The third kappa shape index (κ3) is 3.99. The molecule has 33 heavy (non-hydrogen) atoms. The highest BCUT2D eigenvalue weighted by Crippen LogP contribution is 2.37. The lowest BCUT2D eigenvalue weighted by Crippen LogP contribution is -2.58. The molecule has 6 nitrogen and oxygen atoms in total. The summed E-state index contributed by atoms with van der Waals surface area (Å²) in [5.41, 5.74) is 7.65. The number of likely N-dealkylation sites (tertiary alicyclic amines) is 1. The molecule has 1 atom stereocenters. The van der Waals surface area contributed by atoms with E-state index in [1.54, 1.807) is 12.1 Å². The molecule has 1 amide bonds. The first-order chi connectivity index (χ1) is 15.7. The van der Waals surface area contributed by atoms with E-state index < -0.39 is 30.7 Å². The molecule has 1 aliphatic carbocycles. The number of alkyl halides is 2. The summed E-state index contributed by atoms with van der Waals surface area (Å²) in [5.74, 6) is -2.52. The van der Waals surface area contributed by atoms with E-state index in [1.807, 2.05) is 0 Å². The predicted octanol–water partition coefficient (Wildman–Crippen LogP) is 4.68. The van der Waals surface area contributed by atoms with Crippen LogP contribution in [0.5, 0.6) is 0 Å². The van der Waals surface area contributed by atoms with Crippen molar-refractivity contribution < 1.29 is 18.0 Å². The number of amides is 1. The number of hydrogen-bond acceptors (Lipinski definition) is 4. The first-order valence-electron chi connectivity index (χ1n) is 11.3. The van der Waals surface area contributed by atoms with Crippen LogP contribution in [0, 0.1) is 17.7 Å². The Hall–Kier alpha value is -2.94. The third-order valence-electron chi connectivity index (χ3n) is 6.97. The quantitative estimate of drug-likeness (QED) is 0.595. The van der Waals surface area contributed by atoms with Crippen molar-refractivity contribution in [1.82, 2.24) is 19.9 Å². The molecule has 2 aromatic heterocycles. The monoisotopic (exact) mass is 457 g/mol. The highest BCUT2D eigenvalue weighted by Gasteiger charge is 2.46. The number of fused-ring (bicyclic) bond motifs is 1. The van der Waals surface area contributed by atoms with Crippen molar-refractivity contribution in [3.8, 4) is 11.1 Å². The maximum Gasteiger partial charge on any atom is 0.282 e. The summed E-state index contributed by atoms with van der Waals surface area (Å²) < 4.78 is 42.1. The van der Waals surface area contributed by atoms with Gasteiger partial charge in [0.05, 0.1) is 30.2 Å². The number of aromatic amines is 1. The predicted molar refractivity (Wildman–Crippen MR) is 118 cm³/mol. The van der Waals surface area contributed by atoms with Gasteiger partial charge >= 0.3 is 0 Å². The van der Waals surface area contributed by atoms with Gasteiger partial charge in [0.15, 0.2) is 5.82 Å². The van der Waals surface area contributed by atoms with Gasteiger partial charge in [0, 0.05) is 23.5 Å². The topological polar surface area (TPSA) is 87.9 Å². The maximum atomic E-state index is 15.6. The lowest BCUT2D eigenvalue weighted by molar-refractivity contribution is -0.113. The van der Waals surface area contributed by atoms with Crippen LogP contribution >= 0.6 is 0 Å². The molecular weight excluding hydrogens is 431 g/mol.